The highest BCUT2D eigenvalue weighted by Crippen LogP contribution is 2.36. The largest absolute Gasteiger partial charge is 0.443 e. The Bertz CT molecular complexity index is 1640. The first kappa shape index (κ1) is 27.2. The van der Waals surface area contributed by atoms with E-state index in [1.807, 2.05) is 0 Å². The van der Waals surface area contributed by atoms with Gasteiger partial charge in [-0.25, -0.2) is 22.2 Å². The zero-order valence-electron chi connectivity index (χ0n) is 20.8. The van der Waals surface area contributed by atoms with Gasteiger partial charge < -0.3 is 4.74 Å². The van der Waals surface area contributed by atoms with Crippen molar-refractivity contribution < 1.29 is 35.5 Å². The van der Waals surface area contributed by atoms with Crippen LogP contribution >= 0.6 is 0 Å². The number of alkyl halides is 3. The molecule has 3 aromatic heterocycles. The molecule has 0 unspecified atom stereocenters. The summed E-state index contributed by atoms with van der Waals surface area (Å²) in [6.07, 6.45) is -3.81. The minimum Gasteiger partial charge on any atom is -0.443 e. The third kappa shape index (κ3) is 5.40. The summed E-state index contributed by atoms with van der Waals surface area (Å²) in [5.41, 5.74) is -1.77. The quantitative estimate of drug-likeness (QED) is 0.270. The number of nitrogens with zero attached hydrogens (tertiary/aromatic N) is 3. The number of carbonyl (C=O) groups is 1. The monoisotopic (exact) mass is 549 g/mol. The Morgan fingerprint density at radius 3 is 2.21 bits per heavy atom. The van der Waals surface area contributed by atoms with Crippen molar-refractivity contribution in [3.05, 3.63) is 66.2 Å². The van der Waals surface area contributed by atoms with Crippen LogP contribution in [0.1, 0.15) is 33.3 Å². The fourth-order valence-electron chi connectivity index (χ4n) is 3.74. The van der Waals surface area contributed by atoms with Crippen LogP contribution in [0.2, 0.25) is 0 Å². The van der Waals surface area contributed by atoms with E-state index in [0.717, 1.165) is 10.6 Å². The van der Waals surface area contributed by atoms with Crippen molar-refractivity contribution in [3.63, 3.8) is 0 Å². The molecule has 12 heteroatoms. The summed E-state index contributed by atoms with van der Waals surface area (Å²) in [4.78, 5) is 21.2. The number of ether oxygens (including phenoxy) is 1. The van der Waals surface area contributed by atoms with Gasteiger partial charge in [0.15, 0.2) is 9.84 Å². The number of pyridine rings is 2. The Labute approximate surface area is 216 Å². The lowest BCUT2D eigenvalue weighted by Crippen LogP contribution is -2.27. The Hall–Kier alpha value is -3.80. The molecule has 0 aliphatic rings. The molecule has 3 heterocycles. The van der Waals surface area contributed by atoms with Gasteiger partial charge in [-0.2, -0.15) is 13.2 Å². The lowest BCUT2D eigenvalue weighted by atomic mass is 10.1. The fraction of sp³-hybridized carbons (Fsp3) is 0.269. The molecule has 0 radical (unpaired) electrons. The molecule has 4 rings (SSSR count). The standard InChI is InChI=1S/C26H23F4N3O4S/c1-5-38(35,36)22-10-16(15-6-8-18(27)9-7-15)13-32-23(22)21-12-19-20(11-17(14-31-19)26(28,29)30)33(21)24(34)37-25(2,3)4/h6-14H,5H2,1-4H3. The predicted molar refractivity (Wildman–Crippen MR) is 133 cm³/mol. The third-order valence-corrected chi connectivity index (χ3v) is 7.29. The van der Waals surface area contributed by atoms with Crippen LogP contribution in [0.5, 0.6) is 0 Å². The SMILES string of the molecule is CCS(=O)(=O)c1cc(-c2ccc(F)cc2)cnc1-c1cc2ncc(C(F)(F)F)cc2n1C(=O)OC(C)(C)C. The topological polar surface area (TPSA) is 91.1 Å². The number of aromatic nitrogens is 3. The second-order valence-corrected chi connectivity index (χ2v) is 11.7. The van der Waals surface area contributed by atoms with Crippen molar-refractivity contribution in [2.45, 2.75) is 44.4 Å². The van der Waals surface area contributed by atoms with Crippen molar-refractivity contribution in [2.75, 3.05) is 5.75 Å². The molecule has 200 valence electrons. The zero-order valence-corrected chi connectivity index (χ0v) is 21.6. The highest BCUT2D eigenvalue weighted by Gasteiger charge is 2.33. The molecule has 0 saturated heterocycles. The van der Waals surface area contributed by atoms with E-state index in [0.29, 0.717) is 17.3 Å². The lowest BCUT2D eigenvalue weighted by molar-refractivity contribution is -0.137. The minimum atomic E-state index is -4.74. The van der Waals surface area contributed by atoms with Gasteiger partial charge in [0.25, 0.3) is 0 Å². The van der Waals surface area contributed by atoms with E-state index in [4.69, 9.17) is 4.74 Å². The van der Waals surface area contributed by atoms with E-state index in [9.17, 15) is 30.8 Å². The number of carbonyl (C=O) groups excluding carboxylic acids is 1. The molecule has 0 saturated carbocycles. The van der Waals surface area contributed by atoms with Crippen molar-refractivity contribution in [2.24, 2.45) is 0 Å². The van der Waals surface area contributed by atoms with Gasteiger partial charge in [-0.1, -0.05) is 19.1 Å². The van der Waals surface area contributed by atoms with Crippen LogP contribution in [0.25, 0.3) is 33.5 Å². The van der Waals surface area contributed by atoms with Gasteiger partial charge in [0, 0.05) is 18.0 Å². The second kappa shape index (κ2) is 9.50. The average molecular weight is 550 g/mol. The molecule has 0 aliphatic heterocycles. The molecule has 1 aromatic carbocycles. The maximum absolute atomic E-state index is 13.5. The summed E-state index contributed by atoms with van der Waals surface area (Å²) in [5, 5.41) is 0. The summed E-state index contributed by atoms with van der Waals surface area (Å²) in [7, 11) is -3.96. The smallest absolute Gasteiger partial charge is 0.419 e. The van der Waals surface area contributed by atoms with Crippen LogP contribution in [0.4, 0.5) is 22.4 Å². The summed E-state index contributed by atoms with van der Waals surface area (Å²) in [6.45, 7) is 6.17. The molecular formula is C26H23F4N3O4S. The highest BCUT2D eigenvalue weighted by atomic mass is 32.2. The first-order valence-electron chi connectivity index (χ1n) is 11.4. The molecule has 0 fully saturated rings. The van der Waals surface area contributed by atoms with E-state index in [-0.39, 0.29) is 33.1 Å². The maximum Gasteiger partial charge on any atom is 0.419 e. The Morgan fingerprint density at radius 1 is 0.974 bits per heavy atom. The van der Waals surface area contributed by atoms with E-state index < -0.39 is 39.1 Å². The van der Waals surface area contributed by atoms with Crippen LogP contribution in [0.3, 0.4) is 0 Å². The first-order valence-corrected chi connectivity index (χ1v) is 13.1. The molecule has 0 amide bonds. The first-order chi connectivity index (χ1) is 17.6. The van der Waals surface area contributed by atoms with Gasteiger partial charge >= 0.3 is 12.3 Å². The molecule has 7 nitrogen and oxygen atoms in total. The Morgan fingerprint density at radius 2 is 1.63 bits per heavy atom. The van der Waals surface area contributed by atoms with Crippen molar-refractivity contribution in [1.29, 1.82) is 0 Å². The molecule has 0 spiro atoms. The highest BCUT2D eigenvalue weighted by molar-refractivity contribution is 7.91. The van der Waals surface area contributed by atoms with Crippen LogP contribution < -0.4 is 0 Å². The number of hydrogen-bond acceptors (Lipinski definition) is 6. The van der Waals surface area contributed by atoms with Crippen LogP contribution in [0.15, 0.2) is 59.8 Å². The van der Waals surface area contributed by atoms with Gasteiger partial charge in [0.2, 0.25) is 0 Å². The predicted octanol–water partition coefficient (Wildman–Crippen LogP) is 6.50. The van der Waals surface area contributed by atoms with Gasteiger partial charge in [-0.15, -0.1) is 0 Å². The van der Waals surface area contributed by atoms with Crippen molar-refractivity contribution >= 4 is 27.0 Å². The van der Waals surface area contributed by atoms with E-state index in [1.54, 1.807) is 20.8 Å². The number of rotatable bonds is 4. The van der Waals surface area contributed by atoms with E-state index in [2.05, 4.69) is 9.97 Å². The van der Waals surface area contributed by atoms with E-state index in [1.165, 1.54) is 49.5 Å². The number of hydrogen-bond donors (Lipinski definition) is 0. The molecular weight excluding hydrogens is 526 g/mol. The van der Waals surface area contributed by atoms with Gasteiger partial charge in [0.1, 0.15) is 17.1 Å². The Balaban J connectivity index is 2.03. The molecule has 0 aliphatic carbocycles. The van der Waals surface area contributed by atoms with Gasteiger partial charge in [-0.05, 0) is 56.7 Å². The normalized spacial score (nSPS) is 12.6. The number of benzene rings is 1. The molecule has 0 N–H and O–H groups in total. The van der Waals surface area contributed by atoms with Gasteiger partial charge in [-0.3, -0.25) is 9.97 Å². The summed E-state index contributed by atoms with van der Waals surface area (Å²) in [5.74, 6) is -0.801. The zero-order chi connectivity index (χ0) is 28.0. The Kier molecular flexibility index (Phi) is 6.81. The van der Waals surface area contributed by atoms with Crippen LogP contribution in [0, 0.1) is 5.82 Å². The fourth-order valence-corrected chi connectivity index (χ4v) is 4.81. The van der Waals surface area contributed by atoms with Crippen LogP contribution in [-0.2, 0) is 20.8 Å². The summed E-state index contributed by atoms with van der Waals surface area (Å²) in [6, 6.07) is 8.69. The minimum absolute atomic E-state index is 0.00289. The lowest BCUT2D eigenvalue weighted by Gasteiger charge is -2.21. The number of fused-ring (bicyclic) bond motifs is 1. The molecule has 4 aromatic rings. The van der Waals surface area contributed by atoms with Crippen molar-refractivity contribution in [1.82, 2.24) is 14.5 Å². The maximum atomic E-state index is 13.5. The summed E-state index contributed by atoms with van der Waals surface area (Å²) < 4.78 is 86.4. The second-order valence-electron chi connectivity index (χ2n) is 9.45. The molecule has 0 bridgehead atoms. The summed E-state index contributed by atoms with van der Waals surface area (Å²) >= 11 is 0. The van der Waals surface area contributed by atoms with Crippen molar-refractivity contribution in [3.8, 4) is 22.5 Å². The third-order valence-electron chi connectivity index (χ3n) is 5.54. The van der Waals surface area contributed by atoms with E-state index >= 15 is 0 Å². The van der Waals surface area contributed by atoms with Crippen LogP contribution in [-0.4, -0.2) is 40.4 Å². The average Bonchev–Trinajstić information content (AvgIpc) is 3.21. The number of halogens is 4. The van der Waals surface area contributed by atoms with Gasteiger partial charge in [0.05, 0.1) is 32.9 Å². The molecule has 38 heavy (non-hydrogen) atoms. The number of sulfone groups is 1. The molecule has 0 atom stereocenters.